The number of thiophene rings is 1. The number of hydrogen-bond donors (Lipinski definition) is 1. The van der Waals surface area contributed by atoms with Crippen molar-refractivity contribution in [3.63, 3.8) is 0 Å². The third kappa shape index (κ3) is 5.07. The second kappa shape index (κ2) is 8.84. The van der Waals surface area contributed by atoms with Crippen molar-refractivity contribution in [1.29, 1.82) is 5.26 Å². The highest BCUT2D eigenvalue weighted by molar-refractivity contribution is 7.10. The van der Waals surface area contributed by atoms with Crippen LogP contribution in [0, 0.1) is 11.3 Å². The van der Waals surface area contributed by atoms with Crippen LogP contribution in [0.3, 0.4) is 0 Å². The molecule has 1 fully saturated rings. The van der Waals surface area contributed by atoms with Crippen molar-refractivity contribution in [3.8, 4) is 6.07 Å². The first-order chi connectivity index (χ1) is 11.8. The van der Waals surface area contributed by atoms with E-state index in [0.717, 1.165) is 41.3 Å². The molecule has 1 atom stereocenters. The van der Waals surface area contributed by atoms with Crippen molar-refractivity contribution >= 4 is 17.0 Å². The fourth-order valence-electron chi connectivity index (χ4n) is 2.74. The van der Waals surface area contributed by atoms with E-state index in [1.54, 1.807) is 11.3 Å². The molecular formula is C19H22N2O2S. The van der Waals surface area contributed by atoms with Crippen LogP contribution in [0.25, 0.3) is 0 Å². The lowest BCUT2D eigenvalue weighted by atomic mass is 10.1. The van der Waals surface area contributed by atoms with E-state index < -0.39 is 0 Å². The summed E-state index contributed by atoms with van der Waals surface area (Å²) in [7, 11) is 0. The SMILES string of the molecule is N#Cc1csc(CNc2cccc(COCC3CCCCO3)c2)c1. The number of nitriles is 1. The maximum atomic E-state index is 8.86. The van der Waals surface area contributed by atoms with Crippen LogP contribution in [-0.4, -0.2) is 19.3 Å². The summed E-state index contributed by atoms with van der Waals surface area (Å²) < 4.78 is 11.5. The molecule has 2 heterocycles. The maximum Gasteiger partial charge on any atom is 0.100 e. The number of nitrogens with one attached hydrogen (secondary N) is 1. The largest absolute Gasteiger partial charge is 0.380 e. The standard InChI is InChI=1S/C19H22N2O2S/c20-10-16-9-19(24-14-16)11-21-17-5-3-4-15(8-17)12-22-13-18-6-1-2-7-23-18/h3-5,8-9,14,18,21H,1-2,6-7,11-13H2. The van der Waals surface area contributed by atoms with Gasteiger partial charge in [0.15, 0.2) is 0 Å². The number of benzene rings is 1. The second-order valence-electron chi connectivity index (χ2n) is 5.97. The van der Waals surface area contributed by atoms with Gasteiger partial charge >= 0.3 is 0 Å². The average molecular weight is 342 g/mol. The summed E-state index contributed by atoms with van der Waals surface area (Å²) in [6.07, 6.45) is 3.77. The van der Waals surface area contributed by atoms with Gasteiger partial charge in [-0.2, -0.15) is 5.26 Å². The Balaban J connectivity index is 1.45. The molecule has 0 radical (unpaired) electrons. The molecule has 5 heteroatoms. The Morgan fingerprint density at radius 1 is 1.33 bits per heavy atom. The first-order valence-corrected chi connectivity index (χ1v) is 9.21. The summed E-state index contributed by atoms with van der Waals surface area (Å²) in [5.74, 6) is 0. The van der Waals surface area contributed by atoms with Gasteiger partial charge in [0.05, 0.1) is 24.9 Å². The Morgan fingerprint density at radius 3 is 3.08 bits per heavy atom. The molecule has 1 N–H and O–H groups in total. The molecule has 0 amide bonds. The van der Waals surface area contributed by atoms with E-state index in [2.05, 4.69) is 23.5 Å². The first kappa shape index (κ1) is 17.0. The molecule has 0 spiro atoms. The van der Waals surface area contributed by atoms with E-state index in [-0.39, 0.29) is 6.10 Å². The van der Waals surface area contributed by atoms with Gasteiger partial charge in [0, 0.05) is 29.1 Å². The van der Waals surface area contributed by atoms with Gasteiger partial charge < -0.3 is 14.8 Å². The average Bonchev–Trinajstić information content (AvgIpc) is 3.09. The molecule has 1 aromatic carbocycles. The Labute approximate surface area is 147 Å². The molecule has 0 bridgehead atoms. The van der Waals surface area contributed by atoms with Crippen LogP contribution in [0.1, 0.15) is 35.3 Å². The van der Waals surface area contributed by atoms with Crippen LogP contribution in [0.4, 0.5) is 5.69 Å². The Kier molecular flexibility index (Phi) is 6.25. The monoisotopic (exact) mass is 342 g/mol. The Morgan fingerprint density at radius 2 is 2.29 bits per heavy atom. The third-order valence-electron chi connectivity index (χ3n) is 4.02. The molecule has 0 aliphatic carbocycles. The van der Waals surface area contributed by atoms with Crippen LogP contribution < -0.4 is 5.32 Å². The van der Waals surface area contributed by atoms with E-state index in [1.165, 1.54) is 12.8 Å². The van der Waals surface area contributed by atoms with E-state index in [1.807, 2.05) is 23.6 Å². The van der Waals surface area contributed by atoms with Gasteiger partial charge in [0.1, 0.15) is 6.07 Å². The number of anilines is 1. The molecule has 3 rings (SSSR count). The highest BCUT2D eigenvalue weighted by Gasteiger charge is 2.13. The van der Waals surface area contributed by atoms with Gasteiger partial charge in [-0.3, -0.25) is 0 Å². The smallest absolute Gasteiger partial charge is 0.100 e. The van der Waals surface area contributed by atoms with Crippen molar-refractivity contribution in [2.75, 3.05) is 18.5 Å². The lowest BCUT2D eigenvalue weighted by Crippen LogP contribution is -2.24. The quantitative estimate of drug-likeness (QED) is 0.814. The zero-order valence-electron chi connectivity index (χ0n) is 13.7. The van der Waals surface area contributed by atoms with Gasteiger partial charge in [0.25, 0.3) is 0 Å². The molecule has 1 aromatic heterocycles. The zero-order chi connectivity index (χ0) is 16.6. The summed E-state index contributed by atoms with van der Waals surface area (Å²) in [4.78, 5) is 1.16. The molecule has 1 aliphatic rings. The summed E-state index contributed by atoms with van der Waals surface area (Å²) >= 11 is 1.60. The van der Waals surface area contributed by atoms with Crippen molar-refractivity contribution in [3.05, 3.63) is 51.7 Å². The van der Waals surface area contributed by atoms with Crippen molar-refractivity contribution in [2.45, 2.75) is 38.5 Å². The lowest BCUT2D eigenvalue weighted by Gasteiger charge is -2.22. The first-order valence-electron chi connectivity index (χ1n) is 8.33. The lowest BCUT2D eigenvalue weighted by molar-refractivity contribution is -0.0447. The minimum atomic E-state index is 0.258. The summed E-state index contributed by atoms with van der Waals surface area (Å²) in [6, 6.07) is 12.4. The Bertz CT molecular complexity index is 687. The molecular weight excluding hydrogens is 320 g/mol. The van der Waals surface area contributed by atoms with Gasteiger partial charge in [-0.1, -0.05) is 12.1 Å². The van der Waals surface area contributed by atoms with Crippen molar-refractivity contribution in [1.82, 2.24) is 0 Å². The summed E-state index contributed by atoms with van der Waals surface area (Å²) in [5, 5.41) is 14.1. The van der Waals surface area contributed by atoms with E-state index in [9.17, 15) is 0 Å². The Hall–Kier alpha value is -1.87. The number of nitrogens with zero attached hydrogens (tertiary/aromatic N) is 1. The molecule has 126 valence electrons. The van der Waals surface area contributed by atoms with Crippen molar-refractivity contribution < 1.29 is 9.47 Å². The third-order valence-corrected chi connectivity index (χ3v) is 4.96. The van der Waals surface area contributed by atoms with Crippen LogP contribution >= 0.6 is 11.3 Å². The maximum absolute atomic E-state index is 8.86. The fourth-order valence-corrected chi connectivity index (χ4v) is 3.49. The van der Waals surface area contributed by atoms with Crippen LogP contribution in [-0.2, 0) is 22.6 Å². The minimum Gasteiger partial charge on any atom is -0.380 e. The molecule has 1 unspecified atom stereocenters. The van der Waals surface area contributed by atoms with Crippen LogP contribution in [0.15, 0.2) is 35.7 Å². The van der Waals surface area contributed by atoms with E-state index in [0.29, 0.717) is 13.2 Å². The number of ether oxygens (including phenoxy) is 2. The molecule has 24 heavy (non-hydrogen) atoms. The molecule has 2 aromatic rings. The number of hydrogen-bond acceptors (Lipinski definition) is 5. The zero-order valence-corrected chi connectivity index (χ0v) is 14.5. The van der Waals surface area contributed by atoms with Crippen molar-refractivity contribution in [2.24, 2.45) is 0 Å². The molecule has 1 aliphatic heterocycles. The van der Waals surface area contributed by atoms with Crippen LogP contribution in [0.5, 0.6) is 0 Å². The number of rotatable bonds is 7. The van der Waals surface area contributed by atoms with E-state index in [4.69, 9.17) is 14.7 Å². The summed E-state index contributed by atoms with van der Waals surface area (Å²) in [5.41, 5.74) is 2.94. The topological polar surface area (TPSA) is 54.3 Å². The second-order valence-corrected chi connectivity index (χ2v) is 6.97. The highest BCUT2D eigenvalue weighted by atomic mass is 32.1. The fraction of sp³-hybridized carbons (Fsp3) is 0.421. The minimum absolute atomic E-state index is 0.258. The predicted molar refractivity (Wildman–Crippen MR) is 96.0 cm³/mol. The van der Waals surface area contributed by atoms with Gasteiger partial charge in [-0.15, -0.1) is 11.3 Å². The predicted octanol–water partition coefficient (Wildman–Crippen LogP) is 4.32. The van der Waals surface area contributed by atoms with Crippen LogP contribution in [0.2, 0.25) is 0 Å². The molecule has 0 saturated carbocycles. The van der Waals surface area contributed by atoms with E-state index >= 15 is 0 Å². The molecule has 4 nitrogen and oxygen atoms in total. The van der Waals surface area contributed by atoms with Gasteiger partial charge in [-0.05, 0) is 43.0 Å². The highest BCUT2D eigenvalue weighted by Crippen LogP contribution is 2.18. The summed E-state index contributed by atoms with van der Waals surface area (Å²) in [6.45, 7) is 2.87. The normalized spacial score (nSPS) is 17.4. The molecule has 1 saturated heterocycles. The van der Waals surface area contributed by atoms with Gasteiger partial charge in [0.2, 0.25) is 0 Å². The van der Waals surface area contributed by atoms with Gasteiger partial charge in [-0.25, -0.2) is 0 Å².